The summed E-state index contributed by atoms with van der Waals surface area (Å²) < 4.78 is 1.73. The number of rotatable bonds is 0. The van der Waals surface area contributed by atoms with Crippen LogP contribution in [0.4, 0.5) is 0 Å². The first-order valence-corrected chi connectivity index (χ1v) is 3.11. The van der Waals surface area contributed by atoms with Crippen LogP contribution < -0.4 is 0 Å². The number of aromatic nitrogens is 3. The smallest absolute Gasteiger partial charge is 0.180 e. The second-order valence-electron chi connectivity index (χ2n) is 1.84. The van der Waals surface area contributed by atoms with Crippen LogP contribution in [0.1, 0.15) is 0 Å². The van der Waals surface area contributed by atoms with Crippen LogP contribution >= 0.6 is 11.6 Å². The minimum absolute atomic E-state index is 0.500. The normalized spacial score (nSPS) is 10.5. The molecule has 10 heavy (non-hydrogen) atoms. The molecule has 0 fully saturated rings. The van der Waals surface area contributed by atoms with E-state index in [2.05, 4.69) is 16.3 Å². The summed E-state index contributed by atoms with van der Waals surface area (Å²) >= 11 is 5.72. The summed E-state index contributed by atoms with van der Waals surface area (Å²) in [7, 11) is 0. The average molecular weight is 153 g/mol. The zero-order chi connectivity index (χ0) is 6.97. The van der Waals surface area contributed by atoms with Crippen LogP contribution in [0.5, 0.6) is 0 Å². The van der Waals surface area contributed by atoms with Gasteiger partial charge < -0.3 is 0 Å². The van der Waals surface area contributed by atoms with E-state index in [9.17, 15) is 0 Å². The van der Waals surface area contributed by atoms with Crippen molar-refractivity contribution in [3.63, 3.8) is 0 Å². The molecule has 0 aliphatic carbocycles. The van der Waals surface area contributed by atoms with Crippen LogP contribution in [0, 0.1) is 6.07 Å². The molecule has 2 heterocycles. The van der Waals surface area contributed by atoms with Gasteiger partial charge in [-0.2, -0.15) is 0 Å². The lowest BCUT2D eigenvalue weighted by Crippen LogP contribution is -1.81. The van der Waals surface area contributed by atoms with Crippen molar-refractivity contribution in [2.75, 3.05) is 0 Å². The third-order valence-electron chi connectivity index (χ3n) is 1.21. The SMILES string of the molecule is Clc1[c]ccn2cnnc12. The van der Waals surface area contributed by atoms with Gasteiger partial charge in [0.05, 0.1) is 5.02 Å². The van der Waals surface area contributed by atoms with Crippen molar-refractivity contribution in [2.45, 2.75) is 0 Å². The molecule has 0 aliphatic rings. The Kier molecular flexibility index (Phi) is 1.11. The van der Waals surface area contributed by atoms with E-state index < -0.39 is 0 Å². The molecule has 0 aliphatic heterocycles. The van der Waals surface area contributed by atoms with Crippen molar-refractivity contribution in [1.29, 1.82) is 0 Å². The summed E-state index contributed by atoms with van der Waals surface area (Å²) in [5.41, 5.74) is 0.643. The first-order valence-electron chi connectivity index (χ1n) is 2.73. The topological polar surface area (TPSA) is 30.2 Å². The first kappa shape index (κ1) is 5.68. The molecule has 0 saturated heterocycles. The first-order chi connectivity index (χ1) is 4.88. The van der Waals surface area contributed by atoms with Crippen molar-refractivity contribution < 1.29 is 0 Å². The quantitative estimate of drug-likeness (QED) is 0.568. The molecule has 1 radical (unpaired) electrons. The number of hydrogen-bond acceptors (Lipinski definition) is 2. The Morgan fingerprint density at radius 1 is 1.60 bits per heavy atom. The zero-order valence-electron chi connectivity index (χ0n) is 4.95. The van der Waals surface area contributed by atoms with Gasteiger partial charge in [-0.25, -0.2) is 0 Å². The molecule has 0 aromatic carbocycles. The molecule has 2 aromatic heterocycles. The average Bonchev–Trinajstić information content (AvgIpc) is 2.36. The van der Waals surface area contributed by atoms with Crippen molar-refractivity contribution in [3.8, 4) is 0 Å². The van der Waals surface area contributed by atoms with Gasteiger partial charge in [0.2, 0.25) is 0 Å². The molecule has 0 atom stereocenters. The van der Waals surface area contributed by atoms with Crippen molar-refractivity contribution >= 4 is 17.2 Å². The minimum atomic E-state index is 0.500. The Morgan fingerprint density at radius 3 is 3.30 bits per heavy atom. The number of fused-ring (bicyclic) bond motifs is 1. The lowest BCUT2D eigenvalue weighted by atomic mass is 10.5. The van der Waals surface area contributed by atoms with Gasteiger partial charge in [-0.3, -0.25) is 4.40 Å². The third kappa shape index (κ3) is 0.675. The maximum absolute atomic E-state index is 5.72. The maximum Gasteiger partial charge on any atom is 0.180 e. The Bertz CT molecular complexity index is 355. The number of halogens is 1. The van der Waals surface area contributed by atoms with Crippen LogP contribution in [0.3, 0.4) is 0 Å². The highest BCUT2D eigenvalue weighted by atomic mass is 35.5. The molecular weight excluding hydrogens is 150 g/mol. The molecule has 4 heteroatoms. The summed E-state index contributed by atoms with van der Waals surface area (Å²) in [5, 5.41) is 7.94. The van der Waals surface area contributed by atoms with Gasteiger partial charge in [0.15, 0.2) is 5.65 Å². The highest BCUT2D eigenvalue weighted by Crippen LogP contribution is 2.11. The molecular formula is C6H3ClN3. The lowest BCUT2D eigenvalue weighted by molar-refractivity contribution is 1.10. The second kappa shape index (κ2) is 1.95. The van der Waals surface area contributed by atoms with E-state index in [-0.39, 0.29) is 0 Å². The van der Waals surface area contributed by atoms with Gasteiger partial charge in [-0.05, 0) is 6.07 Å². The summed E-state index contributed by atoms with van der Waals surface area (Å²) in [6.45, 7) is 0. The van der Waals surface area contributed by atoms with Crippen LogP contribution in [0.25, 0.3) is 5.65 Å². The van der Waals surface area contributed by atoms with Gasteiger partial charge in [0, 0.05) is 12.3 Å². The van der Waals surface area contributed by atoms with Gasteiger partial charge >= 0.3 is 0 Å². The van der Waals surface area contributed by atoms with Crippen LogP contribution in [-0.2, 0) is 0 Å². The van der Waals surface area contributed by atoms with E-state index in [1.807, 2.05) is 0 Å². The standard InChI is InChI=1S/C6H3ClN3/c7-5-2-1-3-10-4-8-9-6(5)10/h1,3-4H. The van der Waals surface area contributed by atoms with Gasteiger partial charge in [0.1, 0.15) is 6.33 Å². The third-order valence-corrected chi connectivity index (χ3v) is 1.49. The monoisotopic (exact) mass is 152 g/mol. The molecule has 0 amide bonds. The van der Waals surface area contributed by atoms with Crippen LogP contribution in [0.2, 0.25) is 5.02 Å². The van der Waals surface area contributed by atoms with E-state index in [1.54, 1.807) is 23.0 Å². The van der Waals surface area contributed by atoms with Crippen molar-refractivity contribution in [3.05, 3.63) is 29.7 Å². The van der Waals surface area contributed by atoms with Gasteiger partial charge in [-0.1, -0.05) is 11.6 Å². The largest absolute Gasteiger partial charge is 0.288 e. The zero-order valence-corrected chi connectivity index (χ0v) is 5.71. The minimum Gasteiger partial charge on any atom is -0.288 e. The summed E-state index contributed by atoms with van der Waals surface area (Å²) in [6.07, 6.45) is 3.39. The Morgan fingerprint density at radius 2 is 2.50 bits per heavy atom. The Hall–Kier alpha value is -1.09. The number of nitrogens with zero attached hydrogens (tertiary/aromatic N) is 3. The highest BCUT2D eigenvalue weighted by molar-refractivity contribution is 6.33. The molecule has 0 bridgehead atoms. The Labute approximate surface area is 62.3 Å². The van der Waals surface area contributed by atoms with Crippen molar-refractivity contribution in [1.82, 2.24) is 14.6 Å². The lowest BCUT2D eigenvalue weighted by Gasteiger charge is -1.89. The molecule has 3 nitrogen and oxygen atoms in total. The van der Waals surface area contributed by atoms with Gasteiger partial charge in [-0.15, -0.1) is 10.2 Å². The molecule has 2 aromatic rings. The predicted octanol–water partition coefficient (Wildman–Crippen LogP) is 1.18. The summed E-state index contributed by atoms with van der Waals surface area (Å²) in [5.74, 6) is 0. The number of pyridine rings is 1. The molecule has 0 saturated carbocycles. The van der Waals surface area contributed by atoms with Crippen LogP contribution in [-0.4, -0.2) is 14.6 Å². The van der Waals surface area contributed by atoms with E-state index in [0.29, 0.717) is 10.7 Å². The fourth-order valence-electron chi connectivity index (χ4n) is 0.764. The van der Waals surface area contributed by atoms with Gasteiger partial charge in [0.25, 0.3) is 0 Å². The fraction of sp³-hybridized carbons (Fsp3) is 0. The highest BCUT2D eigenvalue weighted by Gasteiger charge is 1.97. The summed E-state index contributed by atoms with van der Waals surface area (Å²) in [6, 6.07) is 4.52. The van der Waals surface area contributed by atoms with E-state index >= 15 is 0 Å². The van der Waals surface area contributed by atoms with E-state index in [0.717, 1.165) is 0 Å². The second-order valence-corrected chi connectivity index (χ2v) is 2.21. The molecule has 0 unspecified atom stereocenters. The van der Waals surface area contributed by atoms with E-state index in [1.165, 1.54) is 0 Å². The number of hydrogen-bond donors (Lipinski definition) is 0. The van der Waals surface area contributed by atoms with E-state index in [4.69, 9.17) is 11.6 Å². The summed E-state index contributed by atoms with van der Waals surface area (Å²) in [4.78, 5) is 0. The maximum atomic E-state index is 5.72. The predicted molar refractivity (Wildman–Crippen MR) is 36.8 cm³/mol. The molecule has 49 valence electrons. The van der Waals surface area contributed by atoms with Crippen molar-refractivity contribution in [2.24, 2.45) is 0 Å². The molecule has 0 spiro atoms. The fourth-order valence-corrected chi connectivity index (χ4v) is 0.962. The van der Waals surface area contributed by atoms with Crippen LogP contribution in [0.15, 0.2) is 18.6 Å². The Balaban J connectivity index is 2.95. The molecule has 0 N–H and O–H groups in total. The molecule has 2 rings (SSSR count).